The van der Waals surface area contributed by atoms with Crippen molar-refractivity contribution in [3.8, 4) is 16.2 Å². The zero-order valence-electron chi connectivity index (χ0n) is 21.8. The number of methoxy groups -OCH3 is 1. The Morgan fingerprint density at radius 2 is 1.76 bits per heavy atom. The van der Waals surface area contributed by atoms with Gasteiger partial charge in [-0.05, 0) is 73.3 Å². The average molecular weight is 532 g/mol. The highest BCUT2D eigenvalue weighted by molar-refractivity contribution is 7.20. The first-order valence-electron chi connectivity index (χ1n) is 13.2. The SMILES string of the molecule is CCOC(=O)C[C@H]1CC[C@H](c2ccc(-c3cn4cc(C(=O)NCc5ccc(OC)cc5)nc4s3)cc2)CC1. The fourth-order valence-corrected chi connectivity index (χ4v) is 6.10. The van der Waals surface area contributed by atoms with E-state index in [1.54, 1.807) is 24.6 Å². The van der Waals surface area contributed by atoms with Crippen LogP contribution in [0.3, 0.4) is 0 Å². The van der Waals surface area contributed by atoms with Gasteiger partial charge in [0.15, 0.2) is 4.96 Å². The number of hydrogen-bond donors (Lipinski definition) is 1. The van der Waals surface area contributed by atoms with Gasteiger partial charge in [0.2, 0.25) is 0 Å². The minimum absolute atomic E-state index is 0.0658. The summed E-state index contributed by atoms with van der Waals surface area (Å²) >= 11 is 1.57. The van der Waals surface area contributed by atoms with E-state index in [-0.39, 0.29) is 11.9 Å². The summed E-state index contributed by atoms with van der Waals surface area (Å²) in [5.41, 5.74) is 3.91. The summed E-state index contributed by atoms with van der Waals surface area (Å²) in [7, 11) is 1.63. The van der Waals surface area contributed by atoms with E-state index in [2.05, 4.69) is 34.6 Å². The van der Waals surface area contributed by atoms with Crippen molar-refractivity contribution >= 4 is 28.2 Å². The number of imidazole rings is 1. The number of fused-ring (bicyclic) bond motifs is 1. The summed E-state index contributed by atoms with van der Waals surface area (Å²) < 4.78 is 12.2. The molecule has 0 spiro atoms. The fourth-order valence-electron chi connectivity index (χ4n) is 5.13. The van der Waals surface area contributed by atoms with E-state index in [9.17, 15) is 9.59 Å². The molecule has 0 radical (unpaired) electrons. The van der Waals surface area contributed by atoms with Crippen molar-refractivity contribution in [1.82, 2.24) is 14.7 Å². The number of nitrogens with zero attached hydrogens (tertiary/aromatic N) is 2. The van der Waals surface area contributed by atoms with Crippen LogP contribution >= 0.6 is 11.3 Å². The molecule has 5 rings (SSSR count). The predicted molar refractivity (Wildman–Crippen MR) is 149 cm³/mol. The highest BCUT2D eigenvalue weighted by Gasteiger charge is 2.24. The van der Waals surface area contributed by atoms with Gasteiger partial charge in [-0.3, -0.25) is 14.0 Å². The molecule has 2 heterocycles. The molecular formula is C30H33N3O4S. The van der Waals surface area contributed by atoms with E-state index in [1.807, 2.05) is 41.8 Å². The van der Waals surface area contributed by atoms with Gasteiger partial charge in [-0.2, -0.15) is 0 Å². The second kappa shape index (κ2) is 11.8. The van der Waals surface area contributed by atoms with Crippen molar-refractivity contribution in [2.45, 2.75) is 51.5 Å². The van der Waals surface area contributed by atoms with E-state index >= 15 is 0 Å². The number of carbonyl (C=O) groups excluding carboxylic acids is 2. The molecule has 0 saturated heterocycles. The minimum atomic E-state index is -0.195. The van der Waals surface area contributed by atoms with Crippen LogP contribution in [0.5, 0.6) is 5.75 Å². The van der Waals surface area contributed by atoms with Crippen LogP contribution in [0.1, 0.15) is 66.6 Å². The minimum Gasteiger partial charge on any atom is -0.497 e. The molecule has 2 aromatic carbocycles. The van der Waals surface area contributed by atoms with Crippen molar-refractivity contribution in [3.05, 3.63) is 77.7 Å². The van der Waals surface area contributed by atoms with Gasteiger partial charge in [-0.15, -0.1) is 0 Å². The Morgan fingerprint density at radius 3 is 2.42 bits per heavy atom. The molecule has 1 amide bonds. The second-order valence-electron chi connectivity index (χ2n) is 9.79. The Labute approximate surface area is 226 Å². The lowest BCUT2D eigenvalue weighted by Crippen LogP contribution is -2.23. The maximum Gasteiger partial charge on any atom is 0.306 e. The van der Waals surface area contributed by atoms with E-state index < -0.39 is 0 Å². The first kappa shape index (κ1) is 26.0. The van der Waals surface area contributed by atoms with E-state index in [0.29, 0.717) is 37.1 Å². The van der Waals surface area contributed by atoms with Crippen LogP contribution in [0.4, 0.5) is 0 Å². The molecule has 38 heavy (non-hydrogen) atoms. The number of amides is 1. The van der Waals surface area contributed by atoms with E-state index in [1.165, 1.54) is 5.56 Å². The van der Waals surface area contributed by atoms with Gasteiger partial charge in [0, 0.05) is 25.4 Å². The number of thiazole rings is 1. The zero-order chi connectivity index (χ0) is 26.5. The maximum absolute atomic E-state index is 12.6. The third-order valence-electron chi connectivity index (χ3n) is 7.27. The van der Waals surface area contributed by atoms with Crippen LogP contribution in [0.15, 0.2) is 60.9 Å². The molecular weight excluding hydrogens is 498 g/mol. The lowest BCUT2D eigenvalue weighted by molar-refractivity contribution is -0.144. The second-order valence-corrected chi connectivity index (χ2v) is 10.8. The van der Waals surface area contributed by atoms with Gasteiger partial charge in [0.1, 0.15) is 11.4 Å². The lowest BCUT2D eigenvalue weighted by Gasteiger charge is -2.28. The van der Waals surface area contributed by atoms with Crippen LogP contribution in [0.2, 0.25) is 0 Å². The number of aromatic nitrogens is 2. The first-order chi connectivity index (χ1) is 18.5. The number of hydrogen-bond acceptors (Lipinski definition) is 6. The van der Waals surface area contributed by atoms with Gasteiger partial charge in [0.25, 0.3) is 5.91 Å². The van der Waals surface area contributed by atoms with Crippen LogP contribution in [-0.4, -0.2) is 35.0 Å². The Balaban J connectivity index is 1.16. The fraction of sp³-hybridized carbons (Fsp3) is 0.367. The molecule has 8 heteroatoms. The summed E-state index contributed by atoms with van der Waals surface area (Å²) in [6.45, 7) is 2.74. The third-order valence-corrected chi connectivity index (χ3v) is 8.32. The summed E-state index contributed by atoms with van der Waals surface area (Å²) in [6.07, 6.45) is 8.72. The molecule has 1 aliphatic carbocycles. The van der Waals surface area contributed by atoms with Gasteiger partial charge < -0.3 is 14.8 Å². The van der Waals surface area contributed by atoms with Gasteiger partial charge in [0.05, 0.1) is 18.6 Å². The normalized spacial score (nSPS) is 17.3. The van der Waals surface area contributed by atoms with Crippen LogP contribution in [0.25, 0.3) is 15.4 Å². The molecule has 4 aromatic rings. The molecule has 2 aromatic heterocycles. The van der Waals surface area contributed by atoms with Gasteiger partial charge in [-0.25, -0.2) is 4.98 Å². The summed E-state index contributed by atoms with van der Waals surface area (Å²) in [6, 6.07) is 16.4. The number of benzene rings is 2. The Bertz CT molecular complexity index is 1350. The first-order valence-corrected chi connectivity index (χ1v) is 14.0. The smallest absolute Gasteiger partial charge is 0.306 e. The van der Waals surface area contributed by atoms with Crippen molar-refractivity contribution in [2.24, 2.45) is 5.92 Å². The number of ether oxygens (including phenoxy) is 2. The number of carbonyl (C=O) groups is 2. The quantitative estimate of drug-likeness (QED) is 0.259. The Morgan fingerprint density at radius 1 is 1.03 bits per heavy atom. The highest BCUT2D eigenvalue weighted by Crippen LogP contribution is 2.38. The largest absolute Gasteiger partial charge is 0.497 e. The molecule has 0 aliphatic heterocycles. The van der Waals surface area contributed by atoms with Crippen molar-refractivity contribution in [3.63, 3.8) is 0 Å². The maximum atomic E-state index is 12.6. The van der Waals surface area contributed by atoms with Crippen molar-refractivity contribution < 1.29 is 19.1 Å². The van der Waals surface area contributed by atoms with Gasteiger partial charge in [-0.1, -0.05) is 47.7 Å². The Kier molecular flexibility index (Phi) is 8.08. The molecule has 1 fully saturated rings. The number of esters is 1. The summed E-state index contributed by atoms with van der Waals surface area (Å²) in [5, 5.41) is 2.93. The number of rotatable bonds is 9. The topological polar surface area (TPSA) is 81.9 Å². The number of nitrogens with one attached hydrogen (secondary N) is 1. The third kappa shape index (κ3) is 6.07. The highest BCUT2D eigenvalue weighted by atomic mass is 32.1. The van der Waals surface area contributed by atoms with Crippen LogP contribution < -0.4 is 10.1 Å². The average Bonchev–Trinajstić information content (AvgIpc) is 3.53. The van der Waals surface area contributed by atoms with Crippen LogP contribution in [0, 0.1) is 5.92 Å². The molecule has 1 aliphatic rings. The van der Waals surface area contributed by atoms with Crippen LogP contribution in [-0.2, 0) is 16.1 Å². The summed E-state index contributed by atoms with van der Waals surface area (Å²) in [5.74, 6) is 1.52. The predicted octanol–water partition coefficient (Wildman–Crippen LogP) is 6.23. The Hall–Kier alpha value is -3.65. The summed E-state index contributed by atoms with van der Waals surface area (Å²) in [4.78, 5) is 30.9. The standard InChI is InChI=1S/C30H33N3O4S/c1-3-37-28(34)16-20-4-8-22(9-5-20)23-10-12-24(13-11-23)27-19-33-18-26(32-30(33)38-27)29(35)31-17-21-6-14-25(36-2)15-7-21/h6-7,10-15,18-20,22H,3-5,8-9,16-17H2,1-2H3,(H,31,35)/t20-,22-. The van der Waals surface area contributed by atoms with E-state index in [0.717, 1.165) is 52.4 Å². The van der Waals surface area contributed by atoms with Gasteiger partial charge >= 0.3 is 5.97 Å². The zero-order valence-corrected chi connectivity index (χ0v) is 22.6. The molecule has 0 unspecified atom stereocenters. The molecule has 0 bridgehead atoms. The van der Waals surface area contributed by atoms with Crippen molar-refractivity contribution in [2.75, 3.05) is 13.7 Å². The van der Waals surface area contributed by atoms with E-state index in [4.69, 9.17) is 9.47 Å². The molecule has 1 N–H and O–H groups in total. The van der Waals surface area contributed by atoms with Crippen molar-refractivity contribution in [1.29, 1.82) is 0 Å². The molecule has 1 saturated carbocycles. The lowest BCUT2D eigenvalue weighted by atomic mass is 9.77. The monoisotopic (exact) mass is 531 g/mol. The molecule has 0 atom stereocenters. The molecule has 7 nitrogen and oxygen atoms in total. The molecule has 198 valence electrons.